The normalized spacial score (nSPS) is 28.7. The van der Waals surface area contributed by atoms with E-state index in [1.165, 1.54) is 11.1 Å². The first kappa shape index (κ1) is 14.2. The van der Waals surface area contributed by atoms with Crippen LogP contribution in [0.3, 0.4) is 0 Å². The number of hydrogen-bond acceptors (Lipinski definition) is 1. The Labute approximate surface area is 137 Å². The maximum atomic E-state index is 6.79. The quantitative estimate of drug-likeness (QED) is 0.495. The summed E-state index contributed by atoms with van der Waals surface area (Å²) in [5.74, 6) is 0. The standard InChI is InChI=1S/C17H14BrClS/c18-17(15-9-5-2-6-10-15)12-11-16(19,20-17)13-14-7-3-1-4-8-14/h1-12H,13H2. The molecule has 1 aliphatic rings. The van der Waals surface area contributed by atoms with E-state index in [1.807, 2.05) is 12.1 Å². The van der Waals surface area contributed by atoms with Gasteiger partial charge in [-0.25, -0.2) is 0 Å². The third kappa shape index (κ3) is 2.98. The molecule has 0 nitrogen and oxygen atoms in total. The molecule has 2 aromatic rings. The van der Waals surface area contributed by atoms with Crippen molar-refractivity contribution in [2.24, 2.45) is 0 Å². The van der Waals surface area contributed by atoms with Gasteiger partial charge in [-0.3, -0.25) is 0 Å². The number of benzene rings is 2. The molecule has 0 saturated carbocycles. The predicted octanol–water partition coefficient (Wildman–Crippen LogP) is 5.72. The van der Waals surface area contributed by atoms with E-state index >= 15 is 0 Å². The second kappa shape index (κ2) is 5.59. The van der Waals surface area contributed by atoms with Crippen molar-refractivity contribution in [3.05, 3.63) is 83.9 Å². The summed E-state index contributed by atoms with van der Waals surface area (Å²) >= 11 is 12.4. The smallest absolute Gasteiger partial charge is 0.107 e. The van der Waals surface area contributed by atoms with E-state index in [0.29, 0.717) is 0 Å². The van der Waals surface area contributed by atoms with Crippen LogP contribution in [0.5, 0.6) is 0 Å². The minimum absolute atomic E-state index is 0.231. The minimum atomic E-state index is -0.402. The average molecular weight is 366 g/mol. The third-order valence-electron chi connectivity index (χ3n) is 3.32. The molecular formula is C17H14BrClS. The maximum absolute atomic E-state index is 6.79. The van der Waals surface area contributed by atoms with Gasteiger partial charge in [-0.1, -0.05) is 88.7 Å². The summed E-state index contributed by atoms with van der Waals surface area (Å²) in [6.45, 7) is 0. The van der Waals surface area contributed by atoms with Crippen molar-refractivity contribution in [3.8, 4) is 0 Å². The van der Waals surface area contributed by atoms with Crippen molar-refractivity contribution in [3.63, 3.8) is 0 Å². The van der Waals surface area contributed by atoms with Crippen LogP contribution in [0, 0.1) is 0 Å². The fraction of sp³-hybridized carbons (Fsp3) is 0.176. The van der Waals surface area contributed by atoms with Crippen LogP contribution in [0.2, 0.25) is 0 Å². The van der Waals surface area contributed by atoms with Crippen LogP contribution >= 0.6 is 39.3 Å². The van der Waals surface area contributed by atoms with E-state index in [4.69, 9.17) is 11.6 Å². The fourth-order valence-electron chi connectivity index (χ4n) is 2.34. The van der Waals surface area contributed by atoms with Gasteiger partial charge < -0.3 is 0 Å². The molecule has 0 bridgehead atoms. The fourth-order valence-corrected chi connectivity index (χ4v) is 5.72. The molecule has 1 aliphatic heterocycles. The van der Waals surface area contributed by atoms with Crippen LogP contribution in [-0.4, -0.2) is 4.21 Å². The first-order chi connectivity index (χ1) is 9.60. The van der Waals surface area contributed by atoms with E-state index < -0.39 is 4.21 Å². The molecule has 2 aromatic carbocycles. The molecule has 0 fully saturated rings. The van der Waals surface area contributed by atoms with E-state index in [9.17, 15) is 0 Å². The first-order valence-corrected chi connectivity index (χ1v) is 8.46. The van der Waals surface area contributed by atoms with E-state index in [1.54, 1.807) is 11.8 Å². The van der Waals surface area contributed by atoms with E-state index in [-0.39, 0.29) is 3.66 Å². The van der Waals surface area contributed by atoms with Gasteiger partial charge in [-0.2, -0.15) is 0 Å². The summed E-state index contributed by atoms with van der Waals surface area (Å²) in [7, 11) is 0. The van der Waals surface area contributed by atoms with Crippen LogP contribution < -0.4 is 0 Å². The molecule has 20 heavy (non-hydrogen) atoms. The Bertz CT molecular complexity index is 613. The Morgan fingerprint density at radius 2 is 1.50 bits per heavy atom. The van der Waals surface area contributed by atoms with Gasteiger partial charge in [0.15, 0.2) is 0 Å². The molecule has 1 heterocycles. The predicted molar refractivity (Wildman–Crippen MR) is 92.5 cm³/mol. The largest absolute Gasteiger partial charge is 0.116 e. The molecule has 0 aromatic heterocycles. The SMILES string of the molecule is ClC1(Cc2ccccc2)C=CC(Br)(c2ccccc2)S1. The summed E-state index contributed by atoms with van der Waals surface area (Å²) in [6.07, 6.45) is 5.08. The van der Waals surface area contributed by atoms with E-state index in [0.717, 1.165) is 6.42 Å². The Kier molecular flexibility index (Phi) is 3.98. The lowest BCUT2D eigenvalue weighted by atomic mass is 10.1. The highest BCUT2D eigenvalue weighted by Crippen LogP contribution is 2.58. The van der Waals surface area contributed by atoms with E-state index in [2.05, 4.69) is 76.6 Å². The molecule has 3 rings (SSSR count). The molecule has 0 aliphatic carbocycles. The van der Waals surface area contributed by atoms with Gasteiger partial charge in [0, 0.05) is 6.42 Å². The number of alkyl halides is 2. The van der Waals surface area contributed by atoms with Crippen LogP contribution in [0.4, 0.5) is 0 Å². The first-order valence-electron chi connectivity index (χ1n) is 6.48. The van der Waals surface area contributed by atoms with Crippen LogP contribution in [-0.2, 0) is 10.1 Å². The molecule has 0 amide bonds. The molecule has 2 atom stereocenters. The molecule has 0 spiro atoms. The highest BCUT2D eigenvalue weighted by Gasteiger charge is 2.43. The Hall–Kier alpha value is -0.700. The molecule has 3 heteroatoms. The van der Waals surface area contributed by atoms with Gasteiger partial charge in [-0.15, -0.1) is 23.4 Å². The van der Waals surface area contributed by atoms with Crippen molar-refractivity contribution in [2.75, 3.05) is 0 Å². The van der Waals surface area contributed by atoms with Gasteiger partial charge in [-0.05, 0) is 11.1 Å². The lowest BCUT2D eigenvalue weighted by molar-refractivity contribution is 0.956. The topological polar surface area (TPSA) is 0 Å². The summed E-state index contributed by atoms with van der Waals surface area (Å²) in [5, 5.41) is 0. The number of halogens is 2. The lowest BCUT2D eigenvalue weighted by Gasteiger charge is -2.26. The molecule has 2 unspecified atom stereocenters. The molecule has 102 valence electrons. The minimum Gasteiger partial charge on any atom is -0.107 e. The zero-order chi connectivity index (χ0) is 14.1. The zero-order valence-electron chi connectivity index (χ0n) is 10.8. The highest BCUT2D eigenvalue weighted by molar-refractivity contribution is 9.11. The lowest BCUT2D eigenvalue weighted by Crippen LogP contribution is -2.18. The Morgan fingerprint density at radius 3 is 2.15 bits per heavy atom. The number of thioether (sulfide) groups is 1. The summed E-state index contributed by atoms with van der Waals surface area (Å²) in [4.78, 5) is 0. The van der Waals surface area contributed by atoms with Crippen LogP contribution in [0.1, 0.15) is 11.1 Å². The number of rotatable bonds is 3. The number of hydrogen-bond donors (Lipinski definition) is 0. The summed E-state index contributed by atoms with van der Waals surface area (Å²) in [5.41, 5.74) is 2.47. The summed E-state index contributed by atoms with van der Waals surface area (Å²) in [6, 6.07) is 20.8. The summed E-state index contributed by atoms with van der Waals surface area (Å²) < 4.78 is -0.633. The van der Waals surface area contributed by atoms with Gasteiger partial charge in [0.1, 0.15) is 7.86 Å². The molecule has 0 N–H and O–H groups in total. The second-order valence-corrected chi connectivity index (χ2v) is 9.15. The Balaban J connectivity index is 1.81. The van der Waals surface area contributed by atoms with Gasteiger partial charge in [0.05, 0.1) is 0 Å². The zero-order valence-corrected chi connectivity index (χ0v) is 14.0. The molecule has 0 radical (unpaired) electrons. The highest BCUT2D eigenvalue weighted by atomic mass is 79.9. The maximum Gasteiger partial charge on any atom is 0.116 e. The molecule has 0 saturated heterocycles. The second-order valence-electron chi connectivity index (χ2n) is 4.90. The van der Waals surface area contributed by atoms with Crippen molar-refractivity contribution in [1.29, 1.82) is 0 Å². The average Bonchev–Trinajstić information content (AvgIpc) is 2.78. The van der Waals surface area contributed by atoms with Gasteiger partial charge in [0.2, 0.25) is 0 Å². The van der Waals surface area contributed by atoms with Crippen molar-refractivity contribution >= 4 is 39.3 Å². The molecular weight excluding hydrogens is 352 g/mol. The van der Waals surface area contributed by atoms with Crippen LogP contribution in [0.25, 0.3) is 0 Å². The van der Waals surface area contributed by atoms with Crippen molar-refractivity contribution in [1.82, 2.24) is 0 Å². The Morgan fingerprint density at radius 1 is 0.900 bits per heavy atom. The van der Waals surface area contributed by atoms with Gasteiger partial charge >= 0.3 is 0 Å². The monoisotopic (exact) mass is 364 g/mol. The van der Waals surface area contributed by atoms with Crippen molar-refractivity contribution < 1.29 is 0 Å². The van der Waals surface area contributed by atoms with Gasteiger partial charge in [0.25, 0.3) is 0 Å². The van der Waals surface area contributed by atoms with Crippen LogP contribution in [0.15, 0.2) is 72.8 Å². The third-order valence-corrected chi connectivity index (χ3v) is 6.31. The van der Waals surface area contributed by atoms with Crippen molar-refractivity contribution in [2.45, 2.75) is 14.3 Å².